The molecular formula is C9H19NO3. The lowest BCUT2D eigenvalue weighted by Crippen LogP contribution is -2.31. The Balaban J connectivity index is 3.46. The number of hydrogen-bond donors (Lipinski definition) is 2. The summed E-state index contributed by atoms with van der Waals surface area (Å²) in [5.74, 6) is 0.972. The summed E-state index contributed by atoms with van der Waals surface area (Å²) >= 11 is 0. The van der Waals surface area contributed by atoms with Crippen molar-refractivity contribution in [3.05, 3.63) is 0 Å². The van der Waals surface area contributed by atoms with E-state index in [2.05, 4.69) is 30.8 Å². The van der Waals surface area contributed by atoms with Crippen LogP contribution in [0.5, 0.6) is 0 Å². The van der Waals surface area contributed by atoms with Gasteiger partial charge in [0.25, 0.3) is 0 Å². The summed E-state index contributed by atoms with van der Waals surface area (Å²) in [6.07, 6.45) is -0.457. The van der Waals surface area contributed by atoms with Gasteiger partial charge in [0.15, 0.2) is 0 Å². The Morgan fingerprint density at radius 3 is 2.54 bits per heavy atom. The zero-order chi connectivity index (χ0) is 10.3. The Hall–Kier alpha value is -0.770. The first-order valence-electron chi connectivity index (χ1n) is 4.59. The Morgan fingerprint density at radius 1 is 1.46 bits per heavy atom. The van der Waals surface area contributed by atoms with Gasteiger partial charge in [-0.05, 0) is 11.8 Å². The Bertz CT molecular complexity index is 148. The molecule has 78 valence electrons. The van der Waals surface area contributed by atoms with Crippen LogP contribution in [-0.4, -0.2) is 31.0 Å². The van der Waals surface area contributed by atoms with Crippen LogP contribution in [0.4, 0.5) is 4.79 Å². The van der Waals surface area contributed by atoms with Gasteiger partial charge in [-0.2, -0.15) is 0 Å². The first-order chi connectivity index (χ1) is 6.07. The number of amides is 1. The molecule has 1 unspecified atom stereocenters. The Morgan fingerprint density at radius 2 is 2.08 bits per heavy atom. The predicted octanol–water partition coefficient (Wildman–Crippen LogP) is 0.997. The number of nitrogens with one attached hydrogen (secondary N) is 1. The molecule has 0 aliphatic carbocycles. The summed E-state index contributed by atoms with van der Waals surface area (Å²) < 4.78 is 4.62. The number of rotatable bonds is 5. The number of aliphatic hydroxyl groups excluding tert-OH is 1. The lowest BCUT2D eigenvalue weighted by molar-refractivity contribution is 0.117. The lowest BCUT2D eigenvalue weighted by atomic mass is 9.98. The molecule has 2 N–H and O–H groups in total. The van der Waals surface area contributed by atoms with E-state index in [1.165, 1.54) is 0 Å². The molecule has 0 spiro atoms. The summed E-state index contributed by atoms with van der Waals surface area (Å²) in [5.41, 5.74) is 0. The summed E-state index contributed by atoms with van der Waals surface area (Å²) in [6, 6.07) is 0. The van der Waals surface area contributed by atoms with E-state index >= 15 is 0 Å². The normalized spacial score (nSPS) is 12.7. The van der Waals surface area contributed by atoms with Crippen molar-refractivity contribution in [3.63, 3.8) is 0 Å². The molecule has 4 heteroatoms. The molecule has 0 aliphatic rings. The topological polar surface area (TPSA) is 58.6 Å². The number of carbonyl (C=O) groups excluding carboxylic acids is 1. The van der Waals surface area contributed by atoms with Crippen molar-refractivity contribution in [1.29, 1.82) is 0 Å². The maximum absolute atomic E-state index is 10.9. The zero-order valence-corrected chi connectivity index (χ0v) is 8.54. The lowest BCUT2D eigenvalue weighted by Gasteiger charge is -2.15. The van der Waals surface area contributed by atoms with E-state index in [1.54, 1.807) is 0 Å². The van der Waals surface area contributed by atoms with Crippen molar-refractivity contribution in [3.8, 4) is 0 Å². The van der Waals surface area contributed by atoms with Crippen LogP contribution in [0.25, 0.3) is 0 Å². The van der Waals surface area contributed by atoms with E-state index in [0.717, 1.165) is 0 Å². The fraction of sp³-hybridized carbons (Fsp3) is 0.889. The summed E-state index contributed by atoms with van der Waals surface area (Å²) in [6.45, 7) is 6.81. The maximum Gasteiger partial charge on any atom is 0.407 e. The van der Waals surface area contributed by atoms with Gasteiger partial charge >= 0.3 is 6.09 Å². The van der Waals surface area contributed by atoms with E-state index < -0.39 is 6.09 Å². The summed E-state index contributed by atoms with van der Waals surface area (Å²) in [5, 5.41) is 11.0. The van der Waals surface area contributed by atoms with Gasteiger partial charge in [-0.15, -0.1) is 0 Å². The number of ether oxygens (including phenoxy) is 1. The maximum atomic E-state index is 10.9. The highest BCUT2D eigenvalue weighted by Gasteiger charge is 2.08. The summed E-state index contributed by atoms with van der Waals surface area (Å²) in [7, 11) is 0. The number of carbonyl (C=O) groups is 1. The molecule has 0 aromatic rings. The first kappa shape index (κ1) is 12.2. The van der Waals surface area contributed by atoms with Gasteiger partial charge in [-0.25, -0.2) is 4.79 Å². The molecule has 4 nitrogen and oxygen atoms in total. The molecule has 1 atom stereocenters. The minimum Gasteiger partial charge on any atom is -0.447 e. The largest absolute Gasteiger partial charge is 0.447 e. The first-order valence-corrected chi connectivity index (χ1v) is 4.59. The van der Waals surface area contributed by atoms with Crippen molar-refractivity contribution >= 4 is 6.09 Å². The van der Waals surface area contributed by atoms with Crippen LogP contribution < -0.4 is 5.32 Å². The van der Waals surface area contributed by atoms with E-state index in [1.807, 2.05) is 0 Å². The second-order valence-corrected chi connectivity index (χ2v) is 3.46. The van der Waals surface area contributed by atoms with E-state index in [9.17, 15) is 4.79 Å². The van der Waals surface area contributed by atoms with Gasteiger partial charge in [0, 0.05) is 6.54 Å². The average molecular weight is 189 g/mol. The molecule has 0 saturated heterocycles. The standard InChI is InChI=1S/C9H19NO3/c1-7(2)8(3)6-10-9(12)13-5-4-11/h7-8,11H,4-6H2,1-3H3,(H,10,12). The van der Waals surface area contributed by atoms with Crippen molar-refractivity contribution in [2.45, 2.75) is 20.8 Å². The summed E-state index contributed by atoms with van der Waals surface area (Å²) in [4.78, 5) is 10.9. The number of alkyl carbamates (subject to hydrolysis) is 1. The van der Waals surface area contributed by atoms with Gasteiger partial charge in [0.1, 0.15) is 6.61 Å². The molecule has 0 bridgehead atoms. The van der Waals surface area contributed by atoms with E-state index in [0.29, 0.717) is 18.4 Å². The zero-order valence-electron chi connectivity index (χ0n) is 8.54. The van der Waals surface area contributed by atoms with Crippen LogP contribution in [0.1, 0.15) is 20.8 Å². The fourth-order valence-corrected chi connectivity index (χ4v) is 0.669. The van der Waals surface area contributed by atoms with Gasteiger partial charge in [-0.3, -0.25) is 0 Å². The average Bonchev–Trinajstić information content (AvgIpc) is 2.10. The molecule has 0 saturated carbocycles. The highest BCUT2D eigenvalue weighted by molar-refractivity contribution is 5.67. The van der Waals surface area contributed by atoms with E-state index in [-0.39, 0.29) is 13.2 Å². The third-order valence-corrected chi connectivity index (χ3v) is 2.03. The molecule has 0 aromatic heterocycles. The molecule has 0 fully saturated rings. The van der Waals surface area contributed by atoms with E-state index in [4.69, 9.17) is 5.11 Å². The monoisotopic (exact) mass is 189 g/mol. The highest BCUT2D eigenvalue weighted by atomic mass is 16.6. The van der Waals surface area contributed by atoms with Gasteiger partial charge in [0.2, 0.25) is 0 Å². The minimum atomic E-state index is -0.457. The fourth-order valence-electron chi connectivity index (χ4n) is 0.669. The van der Waals surface area contributed by atoms with Crippen LogP contribution >= 0.6 is 0 Å². The quantitative estimate of drug-likeness (QED) is 0.678. The van der Waals surface area contributed by atoms with Crippen LogP contribution in [0.15, 0.2) is 0 Å². The van der Waals surface area contributed by atoms with Gasteiger partial charge < -0.3 is 15.2 Å². The molecule has 0 aromatic carbocycles. The molecular weight excluding hydrogens is 170 g/mol. The van der Waals surface area contributed by atoms with Crippen molar-refractivity contribution < 1.29 is 14.6 Å². The van der Waals surface area contributed by atoms with Crippen LogP contribution in [0.2, 0.25) is 0 Å². The number of hydrogen-bond acceptors (Lipinski definition) is 3. The molecule has 0 rings (SSSR count). The third-order valence-electron chi connectivity index (χ3n) is 2.03. The minimum absolute atomic E-state index is 0.0574. The Kier molecular flexibility index (Phi) is 6.32. The van der Waals surface area contributed by atoms with Crippen molar-refractivity contribution in [2.75, 3.05) is 19.8 Å². The SMILES string of the molecule is CC(C)C(C)CNC(=O)OCCO. The smallest absolute Gasteiger partial charge is 0.407 e. The second-order valence-electron chi connectivity index (χ2n) is 3.46. The second kappa shape index (κ2) is 6.71. The molecule has 13 heavy (non-hydrogen) atoms. The van der Waals surface area contributed by atoms with Crippen molar-refractivity contribution in [2.24, 2.45) is 11.8 Å². The molecule has 0 heterocycles. The van der Waals surface area contributed by atoms with Crippen LogP contribution in [-0.2, 0) is 4.74 Å². The molecule has 0 aliphatic heterocycles. The van der Waals surface area contributed by atoms with Gasteiger partial charge in [-0.1, -0.05) is 20.8 Å². The van der Waals surface area contributed by atoms with Crippen molar-refractivity contribution in [1.82, 2.24) is 5.32 Å². The van der Waals surface area contributed by atoms with Gasteiger partial charge in [0.05, 0.1) is 6.61 Å². The highest BCUT2D eigenvalue weighted by Crippen LogP contribution is 2.07. The Labute approximate surface area is 79.3 Å². The van der Waals surface area contributed by atoms with Crippen LogP contribution in [0, 0.1) is 11.8 Å². The number of aliphatic hydroxyl groups is 1. The predicted molar refractivity (Wildman–Crippen MR) is 50.4 cm³/mol. The molecule has 1 amide bonds. The third kappa shape index (κ3) is 6.40. The van der Waals surface area contributed by atoms with Crippen LogP contribution in [0.3, 0.4) is 0 Å². The molecule has 0 radical (unpaired) electrons.